The Labute approximate surface area is 88.1 Å². The van der Waals surface area contributed by atoms with E-state index in [9.17, 15) is 9.18 Å². The standard InChI is InChI=1S/C12H13FO2/c13-11-3-1-2-9(6-11)7-12(14)10-4-5-15-8-10/h1-3,6,10H,4-5,7-8H2. The van der Waals surface area contributed by atoms with Gasteiger partial charge in [0.1, 0.15) is 11.6 Å². The highest BCUT2D eigenvalue weighted by Crippen LogP contribution is 2.16. The zero-order chi connectivity index (χ0) is 10.7. The van der Waals surface area contributed by atoms with E-state index in [1.54, 1.807) is 12.1 Å². The fourth-order valence-electron chi connectivity index (χ4n) is 1.78. The molecule has 2 rings (SSSR count). The molecule has 0 bridgehead atoms. The number of hydrogen-bond donors (Lipinski definition) is 0. The van der Waals surface area contributed by atoms with Crippen LogP contribution in [0.25, 0.3) is 0 Å². The van der Waals surface area contributed by atoms with Gasteiger partial charge in [-0.05, 0) is 24.1 Å². The van der Waals surface area contributed by atoms with Crippen LogP contribution in [0.1, 0.15) is 12.0 Å². The van der Waals surface area contributed by atoms with Gasteiger partial charge >= 0.3 is 0 Å². The number of rotatable bonds is 3. The summed E-state index contributed by atoms with van der Waals surface area (Å²) in [4.78, 5) is 11.7. The zero-order valence-electron chi connectivity index (χ0n) is 8.41. The summed E-state index contributed by atoms with van der Waals surface area (Å²) >= 11 is 0. The molecule has 0 amide bonds. The third kappa shape index (κ3) is 2.63. The lowest BCUT2D eigenvalue weighted by Gasteiger charge is -2.06. The van der Waals surface area contributed by atoms with Gasteiger partial charge in [-0.3, -0.25) is 4.79 Å². The Balaban J connectivity index is 1.99. The molecule has 0 radical (unpaired) electrons. The van der Waals surface area contributed by atoms with Crippen LogP contribution < -0.4 is 0 Å². The van der Waals surface area contributed by atoms with Gasteiger partial charge in [0.15, 0.2) is 0 Å². The lowest BCUT2D eigenvalue weighted by atomic mass is 9.97. The Morgan fingerprint density at radius 2 is 2.40 bits per heavy atom. The summed E-state index contributed by atoms with van der Waals surface area (Å²) in [7, 11) is 0. The Bertz CT molecular complexity index is 356. The molecule has 2 nitrogen and oxygen atoms in total. The Morgan fingerprint density at radius 1 is 1.53 bits per heavy atom. The van der Waals surface area contributed by atoms with E-state index >= 15 is 0 Å². The molecule has 3 heteroatoms. The van der Waals surface area contributed by atoms with Crippen LogP contribution in [0.4, 0.5) is 4.39 Å². The predicted molar refractivity (Wildman–Crippen MR) is 54.0 cm³/mol. The Kier molecular flexibility index (Phi) is 3.11. The summed E-state index contributed by atoms with van der Waals surface area (Å²) < 4.78 is 18.0. The van der Waals surface area contributed by atoms with Gasteiger partial charge in [-0.2, -0.15) is 0 Å². The van der Waals surface area contributed by atoms with Crippen molar-refractivity contribution >= 4 is 5.78 Å². The highest BCUT2D eigenvalue weighted by Gasteiger charge is 2.23. The predicted octanol–water partition coefficient (Wildman–Crippen LogP) is 1.97. The van der Waals surface area contributed by atoms with Crippen molar-refractivity contribution in [3.63, 3.8) is 0 Å². The van der Waals surface area contributed by atoms with Gasteiger partial charge in [0.05, 0.1) is 6.61 Å². The molecule has 1 aromatic rings. The maximum Gasteiger partial charge on any atom is 0.142 e. The summed E-state index contributed by atoms with van der Waals surface area (Å²) in [5.74, 6) is -0.130. The van der Waals surface area contributed by atoms with Crippen molar-refractivity contribution in [2.24, 2.45) is 5.92 Å². The molecule has 0 N–H and O–H groups in total. The second-order valence-corrected chi connectivity index (χ2v) is 3.83. The van der Waals surface area contributed by atoms with E-state index in [2.05, 4.69) is 0 Å². The van der Waals surface area contributed by atoms with Crippen LogP contribution in [0.3, 0.4) is 0 Å². The van der Waals surface area contributed by atoms with Crippen LogP contribution in [0, 0.1) is 11.7 Å². The number of benzene rings is 1. The maximum absolute atomic E-state index is 12.9. The van der Waals surface area contributed by atoms with Gasteiger partial charge in [-0.25, -0.2) is 4.39 Å². The molecule has 0 aliphatic carbocycles. The van der Waals surface area contributed by atoms with Crippen molar-refractivity contribution in [3.8, 4) is 0 Å². The first kappa shape index (κ1) is 10.3. The van der Waals surface area contributed by atoms with E-state index in [4.69, 9.17) is 4.74 Å². The highest BCUT2D eigenvalue weighted by atomic mass is 19.1. The number of carbonyl (C=O) groups is 1. The van der Waals surface area contributed by atoms with Gasteiger partial charge in [-0.15, -0.1) is 0 Å². The minimum absolute atomic E-state index is 0.00765. The van der Waals surface area contributed by atoms with E-state index in [0.717, 1.165) is 12.0 Å². The molecule has 1 heterocycles. The first-order chi connectivity index (χ1) is 7.25. The SMILES string of the molecule is O=C(Cc1cccc(F)c1)C1CCOC1. The Hall–Kier alpha value is -1.22. The average molecular weight is 208 g/mol. The molecule has 15 heavy (non-hydrogen) atoms. The minimum atomic E-state index is -0.289. The van der Waals surface area contributed by atoms with Crippen molar-refractivity contribution in [1.29, 1.82) is 0 Å². The van der Waals surface area contributed by atoms with Crippen LogP contribution >= 0.6 is 0 Å². The van der Waals surface area contributed by atoms with Crippen LogP contribution in [0.2, 0.25) is 0 Å². The van der Waals surface area contributed by atoms with Crippen LogP contribution in [-0.2, 0) is 16.0 Å². The highest BCUT2D eigenvalue weighted by molar-refractivity contribution is 5.83. The van der Waals surface area contributed by atoms with Crippen LogP contribution in [-0.4, -0.2) is 19.0 Å². The molecule has 0 saturated carbocycles. The molecule has 1 aliphatic heterocycles. The first-order valence-corrected chi connectivity index (χ1v) is 5.10. The number of hydrogen-bond acceptors (Lipinski definition) is 2. The van der Waals surface area contributed by atoms with E-state index in [1.807, 2.05) is 0 Å². The van der Waals surface area contributed by atoms with Crippen molar-refractivity contribution in [2.45, 2.75) is 12.8 Å². The molecule has 80 valence electrons. The smallest absolute Gasteiger partial charge is 0.142 e. The van der Waals surface area contributed by atoms with Crippen LogP contribution in [0.15, 0.2) is 24.3 Å². The third-order valence-corrected chi connectivity index (χ3v) is 2.65. The number of ketones is 1. The topological polar surface area (TPSA) is 26.3 Å². The monoisotopic (exact) mass is 208 g/mol. The molecule has 0 spiro atoms. The van der Waals surface area contributed by atoms with Gasteiger partial charge < -0.3 is 4.74 Å². The number of carbonyl (C=O) groups excluding carboxylic acids is 1. The fraction of sp³-hybridized carbons (Fsp3) is 0.417. The normalized spacial score (nSPS) is 20.5. The maximum atomic E-state index is 12.9. The second kappa shape index (κ2) is 4.53. The number of ether oxygens (including phenoxy) is 1. The summed E-state index contributed by atoms with van der Waals surface area (Å²) in [5.41, 5.74) is 0.743. The number of halogens is 1. The molecule has 1 unspecified atom stereocenters. The molecule has 0 aromatic heterocycles. The molecule has 1 saturated heterocycles. The van der Waals surface area contributed by atoms with Crippen molar-refractivity contribution in [3.05, 3.63) is 35.6 Å². The van der Waals surface area contributed by atoms with Crippen LogP contribution in [0.5, 0.6) is 0 Å². The van der Waals surface area contributed by atoms with Crippen molar-refractivity contribution in [1.82, 2.24) is 0 Å². The molecule has 1 fully saturated rings. The van der Waals surface area contributed by atoms with Gasteiger partial charge in [-0.1, -0.05) is 12.1 Å². The number of Topliss-reactive ketones (excluding diaryl/α,β-unsaturated/α-hetero) is 1. The molecular formula is C12H13FO2. The van der Waals surface area contributed by atoms with E-state index < -0.39 is 0 Å². The quantitative estimate of drug-likeness (QED) is 0.759. The first-order valence-electron chi connectivity index (χ1n) is 5.10. The average Bonchev–Trinajstić information content (AvgIpc) is 2.70. The van der Waals surface area contributed by atoms with Gasteiger partial charge in [0.2, 0.25) is 0 Å². The summed E-state index contributed by atoms with van der Waals surface area (Å²) in [6.07, 6.45) is 1.11. The molecule has 1 aliphatic rings. The lowest BCUT2D eigenvalue weighted by molar-refractivity contribution is -0.122. The van der Waals surface area contributed by atoms with Gasteiger partial charge in [0.25, 0.3) is 0 Å². The zero-order valence-corrected chi connectivity index (χ0v) is 8.41. The molecular weight excluding hydrogens is 195 g/mol. The Morgan fingerprint density at radius 3 is 3.07 bits per heavy atom. The van der Waals surface area contributed by atoms with Gasteiger partial charge in [0, 0.05) is 18.9 Å². The lowest BCUT2D eigenvalue weighted by Crippen LogP contribution is -2.16. The summed E-state index contributed by atoms with van der Waals surface area (Å²) in [6.45, 7) is 1.19. The van der Waals surface area contributed by atoms with Crippen molar-refractivity contribution in [2.75, 3.05) is 13.2 Å². The summed E-state index contributed by atoms with van der Waals surface area (Å²) in [6, 6.07) is 6.19. The van der Waals surface area contributed by atoms with Crippen molar-refractivity contribution < 1.29 is 13.9 Å². The second-order valence-electron chi connectivity index (χ2n) is 3.83. The summed E-state index contributed by atoms with van der Waals surface area (Å²) in [5, 5.41) is 0. The third-order valence-electron chi connectivity index (χ3n) is 2.65. The van der Waals surface area contributed by atoms with E-state index in [0.29, 0.717) is 19.6 Å². The van der Waals surface area contributed by atoms with E-state index in [1.165, 1.54) is 12.1 Å². The largest absolute Gasteiger partial charge is 0.381 e. The minimum Gasteiger partial charge on any atom is -0.381 e. The molecule has 1 atom stereocenters. The fourth-order valence-corrected chi connectivity index (χ4v) is 1.78. The molecule has 1 aromatic carbocycles. The van der Waals surface area contributed by atoms with E-state index in [-0.39, 0.29) is 17.5 Å².